The smallest absolute Gasteiger partial charge is 0.255 e. The fraction of sp³-hybridized carbons (Fsp3) is 0.409. The predicted molar refractivity (Wildman–Crippen MR) is 103 cm³/mol. The number of hydrogen-bond acceptors (Lipinski definition) is 3. The van der Waals surface area contributed by atoms with Crippen molar-refractivity contribution in [3.05, 3.63) is 65.2 Å². The SMILES string of the molecule is Cc1cccc(NC2CCN(C(=O)C3(O)Cc4ccccc4C3)CC2)c1. The summed E-state index contributed by atoms with van der Waals surface area (Å²) in [7, 11) is 0. The van der Waals surface area contributed by atoms with Crippen molar-refractivity contribution in [3.8, 4) is 0 Å². The topological polar surface area (TPSA) is 52.6 Å². The minimum atomic E-state index is -1.26. The van der Waals surface area contributed by atoms with Crippen molar-refractivity contribution in [2.75, 3.05) is 18.4 Å². The van der Waals surface area contributed by atoms with Gasteiger partial charge in [0.2, 0.25) is 0 Å². The van der Waals surface area contributed by atoms with Gasteiger partial charge in [-0.25, -0.2) is 0 Å². The Kier molecular flexibility index (Phi) is 4.45. The van der Waals surface area contributed by atoms with E-state index < -0.39 is 5.60 Å². The van der Waals surface area contributed by atoms with Gasteiger partial charge in [-0.05, 0) is 48.6 Å². The number of nitrogens with zero attached hydrogens (tertiary/aromatic N) is 1. The fourth-order valence-electron chi connectivity index (χ4n) is 4.24. The van der Waals surface area contributed by atoms with Crippen LogP contribution < -0.4 is 5.32 Å². The minimum Gasteiger partial charge on any atom is -0.382 e. The molecule has 136 valence electrons. The van der Waals surface area contributed by atoms with Crippen LogP contribution in [0.4, 0.5) is 5.69 Å². The molecule has 0 unspecified atom stereocenters. The highest BCUT2D eigenvalue weighted by atomic mass is 16.3. The van der Waals surface area contributed by atoms with E-state index in [0.29, 0.717) is 32.0 Å². The highest BCUT2D eigenvalue weighted by Gasteiger charge is 2.44. The molecule has 2 aromatic rings. The van der Waals surface area contributed by atoms with Crippen LogP contribution in [0.1, 0.15) is 29.5 Å². The number of rotatable bonds is 3. The molecule has 2 aromatic carbocycles. The second kappa shape index (κ2) is 6.76. The van der Waals surface area contributed by atoms with Gasteiger partial charge in [0.05, 0.1) is 0 Å². The Morgan fingerprint density at radius 3 is 2.35 bits per heavy atom. The van der Waals surface area contributed by atoms with Crippen LogP contribution in [0.25, 0.3) is 0 Å². The van der Waals surface area contributed by atoms with Gasteiger partial charge in [0, 0.05) is 37.7 Å². The van der Waals surface area contributed by atoms with Crippen LogP contribution in [0.3, 0.4) is 0 Å². The Balaban J connectivity index is 1.35. The first kappa shape index (κ1) is 17.1. The van der Waals surface area contributed by atoms with Crippen LogP contribution in [0, 0.1) is 6.92 Å². The molecule has 0 aromatic heterocycles. The number of aryl methyl sites for hydroxylation is 1. The number of likely N-dealkylation sites (tertiary alicyclic amines) is 1. The summed E-state index contributed by atoms with van der Waals surface area (Å²) >= 11 is 0. The number of aliphatic hydroxyl groups is 1. The zero-order valence-electron chi connectivity index (χ0n) is 15.2. The fourth-order valence-corrected chi connectivity index (χ4v) is 4.24. The van der Waals surface area contributed by atoms with Gasteiger partial charge in [-0.2, -0.15) is 0 Å². The molecule has 0 bridgehead atoms. The molecular weight excluding hydrogens is 324 g/mol. The summed E-state index contributed by atoms with van der Waals surface area (Å²) in [6.45, 7) is 3.48. The summed E-state index contributed by atoms with van der Waals surface area (Å²) in [5.74, 6) is -0.109. The number of nitrogens with one attached hydrogen (secondary N) is 1. The van der Waals surface area contributed by atoms with E-state index >= 15 is 0 Å². The van der Waals surface area contributed by atoms with Gasteiger partial charge in [0.25, 0.3) is 5.91 Å². The monoisotopic (exact) mass is 350 g/mol. The third-order valence-electron chi connectivity index (χ3n) is 5.65. The van der Waals surface area contributed by atoms with E-state index in [1.165, 1.54) is 5.56 Å². The van der Waals surface area contributed by atoms with Crippen molar-refractivity contribution < 1.29 is 9.90 Å². The lowest BCUT2D eigenvalue weighted by molar-refractivity contribution is -0.151. The Labute approximate surface area is 154 Å². The molecule has 0 radical (unpaired) electrons. The molecule has 0 spiro atoms. The summed E-state index contributed by atoms with van der Waals surface area (Å²) in [6.07, 6.45) is 2.68. The summed E-state index contributed by atoms with van der Waals surface area (Å²) in [5, 5.41) is 14.5. The van der Waals surface area contributed by atoms with Crippen molar-refractivity contribution >= 4 is 11.6 Å². The summed E-state index contributed by atoms with van der Waals surface area (Å²) in [6, 6.07) is 16.7. The maximum atomic E-state index is 13.0. The molecule has 1 aliphatic carbocycles. The third kappa shape index (κ3) is 3.34. The zero-order chi connectivity index (χ0) is 18.1. The molecule has 4 nitrogen and oxygen atoms in total. The van der Waals surface area contributed by atoms with Crippen LogP contribution in [-0.4, -0.2) is 40.6 Å². The first-order valence-electron chi connectivity index (χ1n) is 9.45. The van der Waals surface area contributed by atoms with E-state index in [-0.39, 0.29) is 5.91 Å². The first-order valence-corrected chi connectivity index (χ1v) is 9.45. The zero-order valence-corrected chi connectivity index (χ0v) is 15.2. The van der Waals surface area contributed by atoms with Crippen LogP contribution in [0.2, 0.25) is 0 Å². The molecule has 1 aliphatic heterocycles. The van der Waals surface area contributed by atoms with Gasteiger partial charge in [-0.15, -0.1) is 0 Å². The second-order valence-corrected chi connectivity index (χ2v) is 7.73. The van der Waals surface area contributed by atoms with Gasteiger partial charge in [0.15, 0.2) is 5.60 Å². The van der Waals surface area contributed by atoms with E-state index in [0.717, 1.165) is 29.7 Å². The van der Waals surface area contributed by atoms with E-state index in [1.807, 2.05) is 29.2 Å². The lowest BCUT2D eigenvalue weighted by atomic mass is 9.96. The molecule has 1 heterocycles. The van der Waals surface area contributed by atoms with Gasteiger partial charge < -0.3 is 15.3 Å². The van der Waals surface area contributed by atoms with Crippen LogP contribution >= 0.6 is 0 Å². The molecule has 1 fully saturated rings. The highest BCUT2D eigenvalue weighted by molar-refractivity contribution is 5.87. The van der Waals surface area contributed by atoms with Crippen molar-refractivity contribution in [2.45, 2.75) is 44.2 Å². The highest BCUT2D eigenvalue weighted by Crippen LogP contribution is 2.32. The standard InChI is InChI=1S/C22H26N2O2/c1-16-5-4-8-20(13-16)23-19-9-11-24(12-10-19)21(25)22(26)14-17-6-2-3-7-18(17)15-22/h2-8,13,19,23,26H,9-12,14-15H2,1H3. The quantitative estimate of drug-likeness (QED) is 0.895. The van der Waals surface area contributed by atoms with E-state index in [1.54, 1.807) is 0 Å². The molecular formula is C22H26N2O2. The largest absolute Gasteiger partial charge is 0.382 e. The number of carbonyl (C=O) groups is 1. The van der Waals surface area contributed by atoms with Crippen molar-refractivity contribution in [3.63, 3.8) is 0 Å². The number of benzene rings is 2. The molecule has 4 heteroatoms. The molecule has 1 saturated heterocycles. The Bertz CT molecular complexity index is 784. The van der Waals surface area contributed by atoms with Crippen LogP contribution in [0.15, 0.2) is 48.5 Å². The van der Waals surface area contributed by atoms with Crippen LogP contribution in [0.5, 0.6) is 0 Å². The molecule has 4 rings (SSSR count). The van der Waals surface area contributed by atoms with Crippen molar-refractivity contribution in [2.24, 2.45) is 0 Å². The van der Waals surface area contributed by atoms with Gasteiger partial charge in [0.1, 0.15) is 0 Å². The number of carbonyl (C=O) groups excluding carboxylic acids is 1. The Hall–Kier alpha value is -2.33. The van der Waals surface area contributed by atoms with Crippen molar-refractivity contribution in [1.82, 2.24) is 4.90 Å². The Morgan fingerprint density at radius 1 is 1.08 bits per heavy atom. The minimum absolute atomic E-state index is 0.109. The van der Waals surface area contributed by atoms with Gasteiger partial charge in [-0.3, -0.25) is 4.79 Å². The molecule has 2 aliphatic rings. The molecule has 0 atom stereocenters. The third-order valence-corrected chi connectivity index (χ3v) is 5.65. The molecule has 1 amide bonds. The Morgan fingerprint density at radius 2 is 1.73 bits per heavy atom. The lowest BCUT2D eigenvalue weighted by Crippen LogP contribution is -2.53. The average molecular weight is 350 g/mol. The molecule has 0 saturated carbocycles. The van der Waals surface area contributed by atoms with Gasteiger partial charge >= 0.3 is 0 Å². The number of amides is 1. The predicted octanol–water partition coefficient (Wildman–Crippen LogP) is 2.93. The van der Waals surface area contributed by atoms with Gasteiger partial charge in [-0.1, -0.05) is 36.4 Å². The first-order chi connectivity index (χ1) is 12.5. The number of fused-ring (bicyclic) bond motifs is 1. The number of piperidine rings is 1. The average Bonchev–Trinajstić information content (AvgIpc) is 2.99. The number of anilines is 1. The van der Waals surface area contributed by atoms with E-state index in [9.17, 15) is 9.90 Å². The van der Waals surface area contributed by atoms with E-state index in [2.05, 4.69) is 36.5 Å². The second-order valence-electron chi connectivity index (χ2n) is 7.73. The normalized spacial score (nSPS) is 19.2. The summed E-state index contributed by atoms with van der Waals surface area (Å²) in [4.78, 5) is 14.8. The molecule has 2 N–H and O–H groups in total. The number of hydrogen-bond donors (Lipinski definition) is 2. The van der Waals surface area contributed by atoms with Crippen molar-refractivity contribution in [1.29, 1.82) is 0 Å². The maximum absolute atomic E-state index is 13.0. The van der Waals surface area contributed by atoms with Crippen LogP contribution in [-0.2, 0) is 17.6 Å². The van der Waals surface area contributed by atoms with E-state index in [4.69, 9.17) is 0 Å². The summed E-state index contributed by atoms with van der Waals surface area (Å²) < 4.78 is 0. The molecule has 26 heavy (non-hydrogen) atoms. The lowest BCUT2D eigenvalue weighted by Gasteiger charge is -2.36. The summed E-state index contributed by atoms with van der Waals surface area (Å²) in [5.41, 5.74) is 3.31. The maximum Gasteiger partial charge on any atom is 0.255 e.